The van der Waals surface area contributed by atoms with Gasteiger partial charge in [-0.15, -0.1) is 0 Å². The Morgan fingerprint density at radius 2 is 1.50 bits per heavy atom. The minimum absolute atomic E-state index is 0.0584. The summed E-state index contributed by atoms with van der Waals surface area (Å²) < 4.78 is 6.39. The standard InChI is InChI=1S/C16H29NO/c1-3-7-15(8-4-1)17-16(11-5-2-6-12-16)18-13-14-9-10-14/h14-15,17H,1-13H2. The van der Waals surface area contributed by atoms with Crippen LogP contribution in [0.5, 0.6) is 0 Å². The van der Waals surface area contributed by atoms with Gasteiger partial charge < -0.3 is 4.74 Å². The molecule has 1 N–H and O–H groups in total. The van der Waals surface area contributed by atoms with Crippen LogP contribution >= 0.6 is 0 Å². The molecule has 2 nitrogen and oxygen atoms in total. The number of hydrogen-bond donors (Lipinski definition) is 1. The van der Waals surface area contributed by atoms with Gasteiger partial charge in [0.1, 0.15) is 5.72 Å². The lowest BCUT2D eigenvalue weighted by Gasteiger charge is -2.42. The minimum atomic E-state index is 0.0584. The van der Waals surface area contributed by atoms with Crippen LogP contribution in [0.3, 0.4) is 0 Å². The van der Waals surface area contributed by atoms with E-state index < -0.39 is 0 Å². The highest BCUT2D eigenvalue weighted by Gasteiger charge is 2.36. The van der Waals surface area contributed by atoms with Crippen molar-refractivity contribution in [2.24, 2.45) is 5.92 Å². The molecule has 0 aromatic rings. The Kier molecular flexibility index (Phi) is 4.25. The molecule has 0 heterocycles. The highest BCUT2D eigenvalue weighted by Crippen LogP contribution is 2.35. The van der Waals surface area contributed by atoms with Gasteiger partial charge in [0.05, 0.1) is 6.61 Å². The van der Waals surface area contributed by atoms with Gasteiger partial charge in [-0.05, 0) is 57.3 Å². The molecule has 0 aliphatic heterocycles. The zero-order valence-electron chi connectivity index (χ0n) is 11.8. The average molecular weight is 251 g/mol. The van der Waals surface area contributed by atoms with Crippen LogP contribution in [0.4, 0.5) is 0 Å². The van der Waals surface area contributed by atoms with E-state index in [2.05, 4.69) is 5.32 Å². The summed E-state index contributed by atoms with van der Waals surface area (Å²) >= 11 is 0. The molecule has 3 aliphatic carbocycles. The first-order valence-corrected chi connectivity index (χ1v) is 8.28. The first-order chi connectivity index (χ1) is 8.86. The molecular formula is C16H29NO. The Bertz CT molecular complexity index is 250. The lowest BCUT2D eigenvalue weighted by Crippen LogP contribution is -2.54. The lowest BCUT2D eigenvalue weighted by atomic mass is 9.88. The number of hydrogen-bond acceptors (Lipinski definition) is 2. The largest absolute Gasteiger partial charge is 0.360 e. The topological polar surface area (TPSA) is 21.3 Å². The third-order valence-electron chi connectivity index (χ3n) is 5.03. The van der Waals surface area contributed by atoms with Gasteiger partial charge in [-0.1, -0.05) is 25.7 Å². The van der Waals surface area contributed by atoms with Crippen LogP contribution in [-0.4, -0.2) is 18.4 Å². The van der Waals surface area contributed by atoms with Crippen molar-refractivity contribution in [3.8, 4) is 0 Å². The number of ether oxygens (including phenoxy) is 1. The molecule has 3 aliphatic rings. The van der Waals surface area contributed by atoms with E-state index >= 15 is 0 Å². The summed E-state index contributed by atoms with van der Waals surface area (Å²) in [5, 5.41) is 3.93. The van der Waals surface area contributed by atoms with Crippen molar-refractivity contribution in [3.05, 3.63) is 0 Å². The molecule has 0 bridgehead atoms. The molecule has 3 fully saturated rings. The van der Waals surface area contributed by atoms with Crippen LogP contribution < -0.4 is 5.32 Å². The zero-order valence-corrected chi connectivity index (χ0v) is 11.8. The average Bonchev–Trinajstić information content (AvgIpc) is 3.23. The van der Waals surface area contributed by atoms with Crippen molar-refractivity contribution >= 4 is 0 Å². The van der Waals surface area contributed by atoms with Gasteiger partial charge in [-0.25, -0.2) is 0 Å². The van der Waals surface area contributed by atoms with Gasteiger partial charge >= 0.3 is 0 Å². The Morgan fingerprint density at radius 1 is 0.833 bits per heavy atom. The molecule has 0 unspecified atom stereocenters. The Morgan fingerprint density at radius 3 is 2.17 bits per heavy atom. The molecule has 2 heteroatoms. The quantitative estimate of drug-likeness (QED) is 0.746. The molecule has 0 aromatic heterocycles. The van der Waals surface area contributed by atoms with Crippen LogP contribution in [0.1, 0.15) is 77.0 Å². The molecule has 3 saturated carbocycles. The zero-order chi connectivity index (χ0) is 12.3. The van der Waals surface area contributed by atoms with Crippen LogP contribution in [0, 0.1) is 5.92 Å². The first kappa shape index (κ1) is 12.9. The molecule has 0 amide bonds. The third kappa shape index (κ3) is 3.48. The molecule has 0 aromatic carbocycles. The summed E-state index contributed by atoms with van der Waals surface area (Å²) in [5.41, 5.74) is 0.0584. The van der Waals surface area contributed by atoms with Crippen molar-refractivity contribution in [3.63, 3.8) is 0 Å². The van der Waals surface area contributed by atoms with E-state index in [0.717, 1.165) is 18.6 Å². The van der Waals surface area contributed by atoms with Gasteiger partial charge in [0, 0.05) is 6.04 Å². The van der Waals surface area contributed by atoms with Crippen LogP contribution in [0.2, 0.25) is 0 Å². The van der Waals surface area contributed by atoms with Gasteiger partial charge in [-0.3, -0.25) is 5.32 Å². The first-order valence-electron chi connectivity index (χ1n) is 8.28. The van der Waals surface area contributed by atoms with Gasteiger partial charge in [0.25, 0.3) is 0 Å². The summed E-state index contributed by atoms with van der Waals surface area (Å²) in [4.78, 5) is 0. The van der Waals surface area contributed by atoms with E-state index in [1.807, 2.05) is 0 Å². The van der Waals surface area contributed by atoms with Crippen molar-refractivity contribution < 1.29 is 4.74 Å². The second kappa shape index (κ2) is 5.92. The van der Waals surface area contributed by atoms with Crippen molar-refractivity contribution in [1.29, 1.82) is 0 Å². The Labute approximate surface area is 112 Å². The number of nitrogens with one attached hydrogen (secondary N) is 1. The highest BCUT2D eigenvalue weighted by molar-refractivity contribution is 4.88. The van der Waals surface area contributed by atoms with Crippen molar-refractivity contribution in [2.45, 2.75) is 88.8 Å². The van der Waals surface area contributed by atoms with Crippen LogP contribution in [-0.2, 0) is 4.74 Å². The van der Waals surface area contributed by atoms with E-state index in [4.69, 9.17) is 4.74 Å². The summed E-state index contributed by atoms with van der Waals surface area (Å²) in [6.07, 6.45) is 16.4. The van der Waals surface area contributed by atoms with E-state index in [-0.39, 0.29) is 5.72 Å². The maximum atomic E-state index is 6.39. The highest BCUT2D eigenvalue weighted by atomic mass is 16.5. The summed E-state index contributed by atoms with van der Waals surface area (Å²) in [6.45, 7) is 1.01. The third-order valence-corrected chi connectivity index (χ3v) is 5.03. The predicted octanol–water partition coefficient (Wildman–Crippen LogP) is 4.00. The maximum Gasteiger partial charge on any atom is 0.119 e. The smallest absolute Gasteiger partial charge is 0.119 e. The van der Waals surface area contributed by atoms with Crippen LogP contribution in [0.15, 0.2) is 0 Å². The van der Waals surface area contributed by atoms with E-state index in [1.54, 1.807) is 0 Å². The molecule has 3 rings (SSSR count). The molecule has 0 atom stereocenters. The van der Waals surface area contributed by atoms with E-state index in [9.17, 15) is 0 Å². The molecule has 0 saturated heterocycles. The molecule has 0 radical (unpaired) electrons. The van der Waals surface area contributed by atoms with Crippen molar-refractivity contribution in [2.75, 3.05) is 6.61 Å². The Hall–Kier alpha value is -0.0800. The molecular weight excluding hydrogens is 222 g/mol. The van der Waals surface area contributed by atoms with Gasteiger partial charge in [0.15, 0.2) is 0 Å². The molecule has 104 valence electrons. The monoisotopic (exact) mass is 251 g/mol. The van der Waals surface area contributed by atoms with E-state index in [1.165, 1.54) is 77.0 Å². The predicted molar refractivity (Wildman–Crippen MR) is 74.5 cm³/mol. The van der Waals surface area contributed by atoms with Crippen molar-refractivity contribution in [1.82, 2.24) is 5.32 Å². The summed E-state index contributed by atoms with van der Waals surface area (Å²) in [5.74, 6) is 0.886. The Balaban J connectivity index is 1.55. The minimum Gasteiger partial charge on any atom is -0.360 e. The SMILES string of the molecule is C1CCC(NC2(OCC3CC3)CCCCC2)CC1. The number of rotatable bonds is 5. The fourth-order valence-corrected chi connectivity index (χ4v) is 3.63. The molecule has 0 spiro atoms. The summed E-state index contributed by atoms with van der Waals surface area (Å²) in [6, 6.07) is 0.732. The van der Waals surface area contributed by atoms with E-state index in [0.29, 0.717) is 0 Å². The van der Waals surface area contributed by atoms with Crippen LogP contribution in [0.25, 0.3) is 0 Å². The fraction of sp³-hybridized carbons (Fsp3) is 1.00. The van der Waals surface area contributed by atoms with Gasteiger partial charge in [0.2, 0.25) is 0 Å². The normalized spacial score (nSPS) is 29.3. The lowest BCUT2D eigenvalue weighted by molar-refractivity contribution is -0.107. The van der Waals surface area contributed by atoms with Gasteiger partial charge in [-0.2, -0.15) is 0 Å². The second-order valence-corrected chi connectivity index (χ2v) is 6.79. The maximum absolute atomic E-state index is 6.39. The molecule has 18 heavy (non-hydrogen) atoms. The fourth-order valence-electron chi connectivity index (χ4n) is 3.63. The summed E-state index contributed by atoms with van der Waals surface area (Å²) in [7, 11) is 0. The second-order valence-electron chi connectivity index (χ2n) is 6.79.